The number of allylic oxidation sites excluding steroid dienone is 10. The predicted octanol–water partition coefficient (Wildman–Crippen LogP) is 5.57. The summed E-state index contributed by atoms with van der Waals surface area (Å²) in [4.78, 5) is 0. The molecule has 0 atom stereocenters. The van der Waals surface area contributed by atoms with Crippen molar-refractivity contribution in [2.24, 2.45) is 0 Å². The van der Waals surface area contributed by atoms with Crippen molar-refractivity contribution in [2.75, 3.05) is 0 Å². The Labute approximate surface area is 107 Å². The highest BCUT2D eigenvalue weighted by Crippen LogP contribution is 1.95. The third-order valence-electron chi connectivity index (χ3n) is 2.15. The molecule has 0 saturated heterocycles. The molecule has 0 spiro atoms. The molecule has 0 N–H and O–H groups in total. The van der Waals surface area contributed by atoms with Crippen LogP contribution >= 0.6 is 0 Å². The molecule has 0 heterocycles. The van der Waals surface area contributed by atoms with Crippen LogP contribution in [0.5, 0.6) is 0 Å². The molecule has 0 nitrogen and oxygen atoms in total. The summed E-state index contributed by atoms with van der Waals surface area (Å²) >= 11 is 0. The van der Waals surface area contributed by atoms with E-state index in [1.165, 1.54) is 19.3 Å². The van der Waals surface area contributed by atoms with Gasteiger partial charge in [-0.1, -0.05) is 80.5 Å². The summed E-state index contributed by atoms with van der Waals surface area (Å²) in [6.45, 7) is 5.94. The van der Waals surface area contributed by atoms with Gasteiger partial charge in [0, 0.05) is 0 Å². The molecule has 93 valence electrons. The van der Waals surface area contributed by atoms with Crippen molar-refractivity contribution < 1.29 is 0 Å². The quantitative estimate of drug-likeness (QED) is 0.358. The molecular formula is C17H25. The van der Waals surface area contributed by atoms with E-state index >= 15 is 0 Å². The van der Waals surface area contributed by atoms with E-state index in [4.69, 9.17) is 0 Å². The molecule has 1 radical (unpaired) electrons. The van der Waals surface area contributed by atoms with E-state index in [9.17, 15) is 0 Å². The predicted molar refractivity (Wildman–Crippen MR) is 79.8 cm³/mol. The lowest BCUT2D eigenvalue weighted by Gasteiger charge is -1.85. The molecular weight excluding hydrogens is 204 g/mol. The zero-order valence-electron chi connectivity index (χ0n) is 11.0. The molecule has 0 aliphatic heterocycles. The van der Waals surface area contributed by atoms with Crippen molar-refractivity contribution in [3.8, 4) is 0 Å². The Kier molecular flexibility index (Phi) is 13.6. The minimum absolute atomic E-state index is 0.854. The first-order valence-electron chi connectivity index (χ1n) is 6.51. The third kappa shape index (κ3) is 14.7. The maximum atomic E-state index is 3.73. The van der Waals surface area contributed by atoms with Crippen LogP contribution in [-0.4, -0.2) is 0 Å². The Bertz CT molecular complexity index is 274. The van der Waals surface area contributed by atoms with E-state index < -0.39 is 0 Å². The van der Waals surface area contributed by atoms with Gasteiger partial charge in [0.2, 0.25) is 0 Å². The van der Waals surface area contributed by atoms with E-state index in [-0.39, 0.29) is 0 Å². The van der Waals surface area contributed by atoms with Gasteiger partial charge < -0.3 is 0 Å². The van der Waals surface area contributed by atoms with Crippen LogP contribution in [0.1, 0.15) is 39.0 Å². The highest BCUT2D eigenvalue weighted by atomic mass is 13.8. The molecule has 0 amide bonds. The number of hydrogen-bond acceptors (Lipinski definition) is 0. The van der Waals surface area contributed by atoms with Gasteiger partial charge in [-0.15, -0.1) is 0 Å². The van der Waals surface area contributed by atoms with Gasteiger partial charge in [0.25, 0.3) is 0 Å². The van der Waals surface area contributed by atoms with Crippen molar-refractivity contribution in [1.82, 2.24) is 0 Å². The first-order chi connectivity index (χ1) is 8.41. The van der Waals surface area contributed by atoms with Crippen LogP contribution < -0.4 is 0 Å². The molecule has 0 fully saturated rings. The molecule has 17 heavy (non-hydrogen) atoms. The molecule has 0 aromatic carbocycles. The Morgan fingerprint density at radius 1 is 0.765 bits per heavy atom. The lowest BCUT2D eigenvalue weighted by Crippen LogP contribution is -1.64. The second kappa shape index (κ2) is 14.7. The van der Waals surface area contributed by atoms with Crippen LogP contribution in [0.4, 0.5) is 0 Å². The van der Waals surface area contributed by atoms with Crippen molar-refractivity contribution in [3.63, 3.8) is 0 Å². The smallest absolute Gasteiger partial charge is 0.0163 e. The lowest BCUT2D eigenvalue weighted by molar-refractivity contribution is 0.815. The zero-order chi connectivity index (χ0) is 12.6. The van der Waals surface area contributed by atoms with E-state index in [1.807, 2.05) is 12.2 Å². The number of unbranched alkanes of at least 4 members (excludes halogenated alkanes) is 2. The van der Waals surface area contributed by atoms with E-state index in [1.54, 1.807) is 0 Å². The minimum atomic E-state index is 0.854. The monoisotopic (exact) mass is 229 g/mol. The molecule has 0 aliphatic rings. The summed E-state index contributed by atoms with van der Waals surface area (Å²) in [6, 6.07) is 0. The van der Waals surface area contributed by atoms with Crippen LogP contribution in [-0.2, 0) is 0 Å². The Morgan fingerprint density at radius 3 is 2.00 bits per heavy atom. The summed E-state index contributed by atoms with van der Waals surface area (Å²) in [5, 5.41) is 0. The standard InChI is InChI=1S/C17H25/c1-3-5-7-9-11-13-15-17-16-14-12-10-8-6-4-2/h5,7,9-12,14-17H,1,3-4,6,8,13H2,2H3. The molecule has 0 unspecified atom stereocenters. The summed E-state index contributed by atoms with van der Waals surface area (Å²) in [5.74, 6) is 0. The van der Waals surface area contributed by atoms with Crippen molar-refractivity contribution >= 4 is 0 Å². The molecule has 0 saturated carbocycles. The largest absolute Gasteiger partial charge is 0.0845 e. The first kappa shape index (κ1) is 15.7. The average molecular weight is 229 g/mol. The maximum Gasteiger partial charge on any atom is -0.0163 e. The lowest BCUT2D eigenvalue weighted by atomic mass is 10.2. The third-order valence-corrected chi connectivity index (χ3v) is 2.15. The Morgan fingerprint density at radius 2 is 1.35 bits per heavy atom. The fourth-order valence-electron chi connectivity index (χ4n) is 1.19. The van der Waals surface area contributed by atoms with Gasteiger partial charge in [0.05, 0.1) is 0 Å². The van der Waals surface area contributed by atoms with Crippen molar-refractivity contribution in [2.45, 2.75) is 39.0 Å². The van der Waals surface area contributed by atoms with Gasteiger partial charge in [-0.3, -0.25) is 0 Å². The minimum Gasteiger partial charge on any atom is -0.0845 e. The van der Waals surface area contributed by atoms with Crippen molar-refractivity contribution in [1.29, 1.82) is 0 Å². The summed E-state index contributed by atoms with van der Waals surface area (Å²) in [5.41, 5.74) is 0. The van der Waals surface area contributed by atoms with Gasteiger partial charge in [0.1, 0.15) is 0 Å². The number of rotatable bonds is 9. The molecule has 0 aromatic rings. The van der Waals surface area contributed by atoms with Crippen LogP contribution in [0, 0.1) is 6.92 Å². The van der Waals surface area contributed by atoms with Gasteiger partial charge in [0.15, 0.2) is 0 Å². The second-order valence-electron chi connectivity index (χ2n) is 3.76. The Hall–Kier alpha value is -1.30. The molecule has 0 rings (SSSR count). The summed E-state index contributed by atoms with van der Waals surface area (Å²) in [7, 11) is 0. The first-order valence-corrected chi connectivity index (χ1v) is 6.51. The Balaban J connectivity index is 3.52. The topological polar surface area (TPSA) is 0 Å². The fraction of sp³-hybridized carbons (Fsp3) is 0.353. The van der Waals surface area contributed by atoms with Crippen molar-refractivity contribution in [3.05, 3.63) is 67.7 Å². The maximum absolute atomic E-state index is 3.73. The molecule has 0 heteroatoms. The fourth-order valence-corrected chi connectivity index (χ4v) is 1.19. The molecule has 0 aromatic heterocycles. The van der Waals surface area contributed by atoms with Gasteiger partial charge in [-0.05, 0) is 26.2 Å². The van der Waals surface area contributed by atoms with Crippen LogP contribution in [0.3, 0.4) is 0 Å². The van der Waals surface area contributed by atoms with Gasteiger partial charge in [-0.2, -0.15) is 0 Å². The van der Waals surface area contributed by atoms with Gasteiger partial charge >= 0.3 is 0 Å². The average Bonchev–Trinajstić information content (AvgIpc) is 2.35. The van der Waals surface area contributed by atoms with E-state index in [0.29, 0.717) is 0 Å². The molecule has 0 aliphatic carbocycles. The van der Waals surface area contributed by atoms with Crippen LogP contribution in [0.15, 0.2) is 60.8 Å². The van der Waals surface area contributed by atoms with Gasteiger partial charge in [-0.25, -0.2) is 0 Å². The van der Waals surface area contributed by atoms with E-state index in [2.05, 4.69) is 62.5 Å². The van der Waals surface area contributed by atoms with E-state index in [0.717, 1.165) is 12.8 Å². The summed E-state index contributed by atoms with van der Waals surface area (Å²) < 4.78 is 0. The zero-order valence-corrected chi connectivity index (χ0v) is 11.0. The van der Waals surface area contributed by atoms with Crippen LogP contribution in [0.25, 0.3) is 0 Å². The highest BCUT2D eigenvalue weighted by molar-refractivity contribution is 5.12. The SMILES string of the molecule is [CH2]CC=CC=CCC=CC=CC=CCCCC. The highest BCUT2D eigenvalue weighted by Gasteiger charge is 1.74. The molecule has 0 bridgehead atoms. The second-order valence-corrected chi connectivity index (χ2v) is 3.76. The van der Waals surface area contributed by atoms with Crippen LogP contribution in [0.2, 0.25) is 0 Å². The number of hydrogen-bond donors (Lipinski definition) is 0. The normalized spacial score (nSPS) is 13.3. The summed E-state index contributed by atoms with van der Waals surface area (Å²) in [6.07, 6.45) is 26.6.